The van der Waals surface area contributed by atoms with E-state index in [1.807, 2.05) is 18.2 Å². The van der Waals surface area contributed by atoms with Crippen LogP contribution in [-0.2, 0) is 0 Å². The molecule has 1 aromatic heterocycles. The largest absolute Gasteiger partial charge is 0.394 e. The lowest BCUT2D eigenvalue weighted by Crippen LogP contribution is -2.22. The van der Waals surface area contributed by atoms with Crippen LogP contribution in [0.15, 0.2) is 22.5 Å². The topological polar surface area (TPSA) is 65.4 Å². The highest BCUT2D eigenvalue weighted by Crippen LogP contribution is 2.33. The molecule has 19 heavy (non-hydrogen) atoms. The Labute approximate surface area is 120 Å². The van der Waals surface area contributed by atoms with Gasteiger partial charge in [-0.2, -0.15) is 0 Å². The normalized spacial score (nSPS) is 13.1. The Morgan fingerprint density at radius 2 is 2.21 bits per heavy atom. The molecular weight excluding hydrogens is 280 g/mol. The average Bonchev–Trinajstić information content (AvgIpc) is 2.76. The van der Waals surface area contributed by atoms with E-state index in [-0.39, 0.29) is 6.61 Å². The van der Waals surface area contributed by atoms with Crippen molar-refractivity contribution in [2.24, 2.45) is 0 Å². The van der Waals surface area contributed by atoms with Crippen LogP contribution < -0.4 is 5.32 Å². The number of aromatic nitrogens is 1. The van der Waals surface area contributed by atoms with Gasteiger partial charge in [0.15, 0.2) is 4.34 Å². The third-order valence-corrected chi connectivity index (χ3v) is 4.57. The molecule has 104 valence electrons. The molecule has 2 rings (SSSR count). The van der Waals surface area contributed by atoms with Crippen molar-refractivity contribution in [2.45, 2.75) is 29.5 Å². The van der Waals surface area contributed by atoms with Crippen molar-refractivity contribution in [3.63, 3.8) is 0 Å². The molecule has 4 nitrogen and oxygen atoms in total. The van der Waals surface area contributed by atoms with Crippen LogP contribution in [0.25, 0.3) is 10.2 Å². The fourth-order valence-corrected chi connectivity index (χ4v) is 3.90. The Morgan fingerprint density at radius 3 is 2.89 bits per heavy atom. The molecule has 1 heterocycles. The standard InChI is InChI=1S/C13H18N2O2S2/c1-8(2)18-13-15-11-4-3-9(5-12(11)19-13)14-6-10(17)7-16/h3-5,8,10,14,16-17H,6-7H2,1-2H3. The Balaban J connectivity index is 2.11. The molecule has 6 heteroatoms. The van der Waals surface area contributed by atoms with Crippen LogP contribution in [0, 0.1) is 0 Å². The van der Waals surface area contributed by atoms with Gasteiger partial charge in [-0.25, -0.2) is 4.98 Å². The summed E-state index contributed by atoms with van der Waals surface area (Å²) in [4.78, 5) is 4.57. The van der Waals surface area contributed by atoms with Crippen LogP contribution in [0.4, 0.5) is 5.69 Å². The molecular formula is C13H18N2O2S2. The van der Waals surface area contributed by atoms with E-state index in [1.165, 1.54) is 0 Å². The van der Waals surface area contributed by atoms with Gasteiger partial charge in [-0.3, -0.25) is 0 Å². The van der Waals surface area contributed by atoms with Gasteiger partial charge in [0.25, 0.3) is 0 Å². The first-order chi connectivity index (χ1) is 9.08. The number of hydrogen-bond acceptors (Lipinski definition) is 6. The molecule has 0 amide bonds. The van der Waals surface area contributed by atoms with E-state index in [1.54, 1.807) is 23.1 Å². The molecule has 0 radical (unpaired) electrons. The predicted molar refractivity (Wildman–Crippen MR) is 82.2 cm³/mol. The third-order valence-electron chi connectivity index (χ3n) is 2.46. The number of hydrogen-bond donors (Lipinski definition) is 3. The Hall–Kier alpha value is -0.820. The maximum absolute atomic E-state index is 9.31. The zero-order chi connectivity index (χ0) is 13.8. The van der Waals surface area contributed by atoms with E-state index in [0.717, 1.165) is 20.2 Å². The van der Waals surface area contributed by atoms with Gasteiger partial charge in [-0.15, -0.1) is 11.3 Å². The molecule has 0 aliphatic carbocycles. The highest BCUT2D eigenvalue weighted by Gasteiger charge is 2.07. The third kappa shape index (κ3) is 4.07. The smallest absolute Gasteiger partial charge is 0.151 e. The zero-order valence-corrected chi connectivity index (χ0v) is 12.6. The summed E-state index contributed by atoms with van der Waals surface area (Å²) in [6, 6.07) is 5.95. The van der Waals surface area contributed by atoms with Gasteiger partial charge < -0.3 is 15.5 Å². The Bertz CT molecular complexity index is 542. The van der Waals surface area contributed by atoms with E-state index in [9.17, 15) is 5.11 Å². The first-order valence-electron chi connectivity index (χ1n) is 6.18. The number of fused-ring (bicyclic) bond motifs is 1. The molecule has 0 spiro atoms. The van der Waals surface area contributed by atoms with Crippen molar-refractivity contribution in [3.8, 4) is 0 Å². The number of nitrogens with zero attached hydrogens (tertiary/aromatic N) is 1. The number of thiazole rings is 1. The van der Waals surface area contributed by atoms with Crippen molar-refractivity contribution in [3.05, 3.63) is 18.2 Å². The lowest BCUT2D eigenvalue weighted by atomic mass is 10.3. The summed E-state index contributed by atoms with van der Waals surface area (Å²) in [5.41, 5.74) is 1.94. The lowest BCUT2D eigenvalue weighted by Gasteiger charge is -2.09. The second-order valence-corrected chi connectivity index (χ2v) is 7.40. The number of rotatable bonds is 6. The lowest BCUT2D eigenvalue weighted by molar-refractivity contribution is 0.105. The Kier molecular flexibility index (Phi) is 5.04. The zero-order valence-electron chi connectivity index (χ0n) is 11.0. The molecule has 0 fully saturated rings. The first kappa shape index (κ1) is 14.6. The van der Waals surface area contributed by atoms with Gasteiger partial charge in [0, 0.05) is 17.5 Å². The highest BCUT2D eigenvalue weighted by molar-refractivity contribution is 8.01. The average molecular weight is 298 g/mol. The number of thioether (sulfide) groups is 1. The maximum atomic E-state index is 9.31. The van der Waals surface area contributed by atoms with E-state index in [4.69, 9.17) is 5.11 Å². The number of anilines is 1. The molecule has 0 aliphatic heterocycles. The van der Waals surface area contributed by atoms with Gasteiger partial charge in [0.05, 0.1) is 22.9 Å². The maximum Gasteiger partial charge on any atom is 0.151 e. The summed E-state index contributed by atoms with van der Waals surface area (Å²) in [7, 11) is 0. The van der Waals surface area contributed by atoms with Gasteiger partial charge in [-0.1, -0.05) is 25.6 Å². The minimum absolute atomic E-state index is 0.231. The van der Waals surface area contributed by atoms with Gasteiger partial charge in [0.2, 0.25) is 0 Å². The van der Waals surface area contributed by atoms with Crippen molar-refractivity contribution in [2.75, 3.05) is 18.5 Å². The van der Waals surface area contributed by atoms with E-state index >= 15 is 0 Å². The summed E-state index contributed by atoms with van der Waals surface area (Å²) < 4.78 is 2.21. The van der Waals surface area contributed by atoms with Gasteiger partial charge in [0.1, 0.15) is 0 Å². The number of aliphatic hydroxyl groups excluding tert-OH is 2. The fraction of sp³-hybridized carbons (Fsp3) is 0.462. The number of benzene rings is 1. The molecule has 1 unspecified atom stereocenters. The van der Waals surface area contributed by atoms with Crippen LogP contribution in [0.2, 0.25) is 0 Å². The minimum atomic E-state index is -0.732. The molecule has 2 aromatic rings. The van der Waals surface area contributed by atoms with Gasteiger partial charge in [-0.05, 0) is 18.2 Å². The van der Waals surface area contributed by atoms with Crippen molar-refractivity contribution >= 4 is 39.0 Å². The second-order valence-electron chi connectivity index (χ2n) is 4.55. The van der Waals surface area contributed by atoms with Crippen LogP contribution in [0.3, 0.4) is 0 Å². The summed E-state index contributed by atoms with van der Waals surface area (Å²) in [5, 5.41) is 21.7. The molecule has 0 bridgehead atoms. The summed E-state index contributed by atoms with van der Waals surface area (Å²) in [6.45, 7) is 4.42. The van der Waals surface area contributed by atoms with Crippen molar-refractivity contribution in [1.29, 1.82) is 0 Å². The molecule has 1 aromatic carbocycles. The SMILES string of the molecule is CC(C)Sc1nc2ccc(NCC(O)CO)cc2s1. The van der Waals surface area contributed by atoms with Crippen LogP contribution in [-0.4, -0.2) is 39.7 Å². The predicted octanol–water partition coefficient (Wildman–Crippen LogP) is 2.56. The molecule has 0 aliphatic rings. The molecule has 1 atom stereocenters. The number of aliphatic hydroxyl groups is 2. The van der Waals surface area contributed by atoms with E-state index < -0.39 is 6.10 Å². The molecule has 0 saturated heterocycles. The van der Waals surface area contributed by atoms with Gasteiger partial charge >= 0.3 is 0 Å². The fourth-order valence-electron chi connectivity index (χ4n) is 1.57. The summed E-state index contributed by atoms with van der Waals surface area (Å²) in [5.74, 6) is 0. The minimum Gasteiger partial charge on any atom is -0.394 e. The second kappa shape index (κ2) is 6.56. The molecule has 3 N–H and O–H groups in total. The van der Waals surface area contributed by atoms with Crippen LogP contribution >= 0.6 is 23.1 Å². The van der Waals surface area contributed by atoms with E-state index in [2.05, 4.69) is 24.1 Å². The highest BCUT2D eigenvalue weighted by atomic mass is 32.2. The number of nitrogens with one attached hydrogen (secondary N) is 1. The monoisotopic (exact) mass is 298 g/mol. The summed E-state index contributed by atoms with van der Waals surface area (Å²) >= 11 is 3.45. The van der Waals surface area contributed by atoms with Crippen LogP contribution in [0.5, 0.6) is 0 Å². The van der Waals surface area contributed by atoms with Crippen molar-refractivity contribution < 1.29 is 10.2 Å². The Morgan fingerprint density at radius 1 is 1.42 bits per heavy atom. The van der Waals surface area contributed by atoms with Crippen molar-refractivity contribution in [1.82, 2.24) is 4.98 Å². The quantitative estimate of drug-likeness (QED) is 0.715. The first-order valence-corrected chi connectivity index (χ1v) is 7.88. The van der Waals surface area contributed by atoms with E-state index in [0.29, 0.717) is 11.8 Å². The molecule has 0 saturated carbocycles. The van der Waals surface area contributed by atoms with Crippen LogP contribution in [0.1, 0.15) is 13.8 Å². The summed E-state index contributed by atoms with van der Waals surface area (Å²) in [6.07, 6.45) is -0.732.